The first-order valence-electron chi connectivity index (χ1n) is 2.81. The minimum atomic E-state index is -0.0961. The lowest BCUT2D eigenvalue weighted by atomic mass is 10.5. The minimum absolute atomic E-state index is 0.0961. The minimum Gasteiger partial charge on any atom is -0.443 e. The Balaban J connectivity index is 2.12. The highest BCUT2D eigenvalue weighted by molar-refractivity contribution is 5.79. The van der Waals surface area contributed by atoms with Gasteiger partial charge in [-0.05, 0) is 0 Å². The fourth-order valence-electron chi connectivity index (χ4n) is 1.53. The molecule has 1 spiro atoms. The van der Waals surface area contributed by atoms with Crippen molar-refractivity contribution in [2.24, 2.45) is 0 Å². The average Bonchev–Trinajstić information content (AvgIpc) is 2.51. The first-order valence-corrected chi connectivity index (χ1v) is 2.81. The smallest absolute Gasteiger partial charge is 0.410 e. The van der Waals surface area contributed by atoms with Crippen LogP contribution in [0, 0.1) is 0 Å². The maximum absolute atomic E-state index is 10.6. The first-order chi connectivity index (χ1) is 3.83. The Morgan fingerprint density at radius 1 is 1.88 bits per heavy atom. The van der Waals surface area contributed by atoms with Gasteiger partial charge in [0, 0.05) is 6.42 Å². The van der Waals surface area contributed by atoms with Gasteiger partial charge in [-0.15, -0.1) is 0 Å². The second-order valence-corrected chi connectivity index (χ2v) is 2.77. The van der Waals surface area contributed by atoms with E-state index in [0.29, 0.717) is 0 Å². The molecule has 2 aliphatic heterocycles. The van der Waals surface area contributed by atoms with Crippen LogP contribution >= 0.6 is 0 Å². The molecule has 3 rings (SSSR count). The van der Waals surface area contributed by atoms with E-state index in [9.17, 15) is 4.79 Å². The third-order valence-electron chi connectivity index (χ3n) is 2.31. The van der Waals surface area contributed by atoms with Crippen LogP contribution in [-0.2, 0) is 4.74 Å². The van der Waals surface area contributed by atoms with Crippen molar-refractivity contribution in [2.45, 2.75) is 18.1 Å². The molecular weight excluding hydrogens is 106 g/mol. The Bertz CT molecular complexity index is 191. The Kier molecular flexibility index (Phi) is 0.243. The van der Waals surface area contributed by atoms with Crippen LogP contribution in [0.3, 0.4) is 0 Å². The number of hydrogen-bond acceptors (Lipinski definition) is 2. The predicted octanol–water partition coefficient (Wildman–Crippen LogP) is -0.0367. The molecule has 0 aromatic heterocycles. The Labute approximate surface area is 46.2 Å². The molecule has 42 valence electrons. The molecule has 2 saturated heterocycles. The molecule has 2 atom stereocenters. The number of rotatable bonds is 0. The average molecular weight is 111 g/mol. The maximum Gasteiger partial charge on any atom is 0.410 e. The molecule has 0 aromatic carbocycles. The van der Waals surface area contributed by atoms with E-state index < -0.39 is 0 Å². The Morgan fingerprint density at radius 3 is 3.00 bits per heavy atom. The van der Waals surface area contributed by atoms with Crippen LogP contribution in [-0.4, -0.2) is 29.2 Å². The van der Waals surface area contributed by atoms with Gasteiger partial charge in [-0.1, -0.05) is 0 Å². The topological polar surface area (TPSA) is 29.3 Å². The third-order valence-corrected chi connectivity index (χ3v) is 2.31. The Hall–Kier alpha value is -0.730. The maximum atomic E-state index is 10.6. The zero-order valence-corrected chi connectivity index (χ0v) is 4.26. The molecule has 0 aromatic rings. The lowest BCUT2D eigenvalue weighted by Crippen LogP contribution is -2.08. The summed E-state index contributed by atoms with van der Waals surface area (Å²) < 4.78 is 4.88. The number of carbonyl (C=O) groups excluding carboxylic acids is 1. The molecular formula is C5H5NO2. The van der Waals surface area contributed by atoms with E-state index in [4.69, 9.17) is 4.74 Å². The molecule has 3 heteroatoms. The third kappa shape index (κ3) is 0.150. The number of nitrogens with zero attached hydrogens (tertiary/aromatic N) is 1. The van der Waals surface area contributed by atoms with Crippen LogP contribution in [0.25, 0.3) is 0 Å². The molecule has 0 bridgehead atoms. The number of carbonyl (C=O) groups is 1. The molecule has 2 heterocycles. The first kappa shape index (κ1) is 3.33. The normalized spacial score (nSPS) is 54.8. The van der Waals surface area contributed by atoms with E-state index in [-0.39, 0.29) is 17.7 Å². The van der Waals surface area contributed by atoms with Crippen LogP contribution in [0.4, 0.5) is 4.79 Å². The van der Waals surface area contributed by atoms with Crippen molar-refractivity contribution in [1.29, 1.82) is 0 Å². The van der Waals surface area contributed by atoms with E-state index in [1.807, 2.05) is 0 Å². The van der Waals surface area contributed by atoms with Gasteiger partial charge in [-0.2, -0.15) is 0 Å². The zero-order valence-electron chi connectivity index (χ0n) is 4.26. The molecule has 0 radical (unpaired) electrons. The molecule has 1 amide bonds. The van der Waals surface area contributed by atoms with Gasteiger partial charge < -0.3 is 4.74 Å². The van der Waals surface area contributed by atoms with Gasteiger partial charge in [0.2, 0.25) is 0 Å². The summed E-state index contributed by atoms with van der Waals surface area (Å²) in [4.78, 5) is 12.4. The number of amides is 1. The number of hydrogen-bond donors (Lipinski definition) is 0. The molecule has 1 saturated carbocycles. The number of ether oxygens (including phenoxy) is 1. The summed E-state index contributed by atoms with van der Waals surface area (Å²) in [7, 11) is 0. The van der Waals surface area contributed by atoms with Gasteiger partial charge in [-0.25, -0.2) is 4.79 Å². The van der Waals surface area contributed by atoms with Gasteiger partial charge >= 0.3 is 6.09 Å². The van der Waals surface area contributed by atoms with Crippen molar-refractivity contribution in [3.63, 3.8) is 0 Å². The van der Waals surface area contributed by atoms with Gasteiger partial charge in [-0.3, -0.25) is 4.90 Å². The van der Waals surface area contributed by atoms with E-state index in [0.717, 1.165) is 13.0 Å². The predicted molar refractivity (Wildman–Crippen MR) is 24.3 cm³/mol. The summed E-state index contributed by atoms with van der Waals surface area (Å²) in [6.07, 6.45) is 1.29. The molecule has 3 nitrogen and oxygen atoms in total. The lowest BCUT2D eigenvalue weighted by molar-refractivity contribution is 0.143. The van der Waals surface area contributed by atoms with E-state index in [1.54, 1.807) is 4.90 Å². The summed E-state index contributed by atoms with van der Waals surface area (Å²) in [6.45, 7) is 0.969. The molecule has 3 fully saturated rings. The van der Waals surface area contributed by atoms with E-state index >= 15 is 0 Å². The van der Waals surface area contributed by atoms with E-state index in [2.05, 4.69) is 0 Å². The summed E-state index contributed by atoms with van der Waals surface area (Å²) in [5.41, 5.74) is 0.261. The van der Waals surface area contributed by atoms with Crippen molar-refractivity contribution >= 4 is 6.09 Å². The van der Waals surface area contributed by atoms with Crippen molar-refractivity contribution in [2.75, 3.05) is 6.54 Å². The molecule has 2 unspecified atom stereocenters. The summed E-state index contributed by atoms with van der Waals surface area (Å²) >= 11 is 0. The van der Waals surface area contributed by atoms with Gasteiger partial charge in [0.1, 0.15) is 11.6 Å². The second-order valence-electron chi connectivity index (χ2n) is 2.77. The summed E-state index contributed by atoms with van der Waals surface area (Å²) in [5, 5.41) is 0. The SMILES string of the molecule is O=C1OC2CC23CN13. The highest BCUT2D eigenvalue weighted by atomic mass is 16.6. The summed E-state index contributed by atoms with van der Waals surface area (Å²) in [6, 6.07) is 0. The highest BCUT2D eigenvalue weighted by Gasteiger charge is 2.79. The van der Waals surface area contributed by atoms with Crippen LogP contribution in [0.15, 0.2) is 0 Å². The van der Waals surface area contributed by atoms with Crippen LogP contribution in [0.5, 0.6) is 0 Å². The molecule has 1 aliphatic carbocycles. The largest absolute Gasteiger partial charge is 0.443 e. The van der Waals surface area contributed by atoms with Crippen LogP contribution in [0.1, 0.15) is 6.42 Å². The highest BCUT2D eigenvalue weighted by Crippen LogP contribution is 2.60. The van der Waals surface area contributed by atoms with Gasteiger partial charge in [0.15, 0.2) is 0 Å². The summed E-state index contributed by atoms with van der Waals surface area (Å²) in [5.74, 6) is 0. The van der Waals surface area contributed by atoms with Crippen molar-refractivity contribution in [3.8, 4) is 0 Å². The van der Waals surface area contributed by atoms with Crippen LogP contribution in [0.2, 0.25) is 0 Å². The molecule has 0 N–H and O–H groups in total. The van der Waals surface area contributed by atoms with Crippen molar-refractivity contribution in [1.82, 2.24) is 4.90 Å². The molecule has 3 aliphatic rings. The monoisotopic (exact) mass is 111 g/mol. The zero-order chi connectivity index (χ0) is 5.35. The van der Waals surface area contributed by atoms with Crippen molar-refractivity contribution < 1.29 is 9.53 Å². The fraction of sp³-hybridized carbons (Fsp3) is 0.800. The Morgan fingerprint density at radius 2 is 2.75 bits per heavy atom. The quantitative estimate of drug-likeness (QED) is 0.410. The standard InChI is InChI=1S/C5H5NO2/c7-4-6-2-5(6)1-3(5)8-4/h3H,1-2H2. The molecule has 8 heavy (non-hydrogen) atoms. The lowest BCUT2D eigenvalue weighted by Gasteiger charge is -1.94. The fourth-order valence-corrected chi connectivity index (χ4v) is 1.53. The van der Waals surface area contributed by atoms with Gasteiger partial charge in [0.25, 0.3) is 0 Å². The van der Waals surface area contributed by atoms with E-state index in [1.165, 1.54) is 0 Å². The second kappa shape index (κ2) is 0.584. The van der Waals surface area contributed by atoms with Crippen LogP contribution < -0.4 is 0 Å². The van der Waals surface area contributed by atoms with Crippen molar-refractivity contribution in [3.05, 3.63) is 0 Å². The van der Waals surface area contributed by atoms with Gasteiger partial charge in [0.05, 0.1) is 6.54 Å².